The first-order valence-corrected chi connectivity index (χ1v) is 7.80. The second kappa shape index (κ2) is 6.54. The van der Waals surface area contributed by atoms with Gasteiger partial charge in [-0.15, -0.1) is 0 Å². The number of hydrogen-bond donors (Lipinski definition) is 1. The van der Waals surface area contributed by atoms with Gasteiger partial charge in [0.15, 0.2) is 0 Å². The van der Waals surface area contributed by atoms with Gasteiger partial charge in [0, 0.05) is 25.6 Å². The van der Waals surface area contributed by atoms with Crippen molar-refractivity contribution in [2.75, 3.05) is 32.8 Å². The molecular weight excluding hydrogens is 256 g/mol. The van der Waals surface area contributed by atoms with E-state index in [1.165, 1.54) is 12.8 Å². The fourth-order valence-corrected chi connectivity index (χ4v) is 3.34. The number of nitrogens with one attached hydrogen (secondary N) is 1. The molecule has 1 aliphatic heterocycles. The molecule has 3 rings (SSSR count). The molecule has 0 aromatic carbocycles. The normalized spacial score (nSPS) is 21.6. The highest BCUT2D eigenvalue weighted by atomic mass is 16.5. The molecule has 0 bridgehead atoms. The molecule has 112 valence electrons. The average molecular weight is 280 g/mol. The smallest absolute Gasteiger partial charge is 0.343 e. The Morgan fingerprint density at radius 3 is 2.75 bits per heavy atom. The third kappa shape index (κ3) is 3.12. The summed E-state index contributed by atoms with van der Waals surface area (Å²) in [6, 6.07) is 0.375. The summed E-state index contributed by atoms with van der Waals surface area (Å²) in [4.78, 5) is 14.3. The number of hydrogen-bond acceptors (Lipinski definition) is 4. The highest BCUT2D eigenvalue weighted by molar-refractivity contribution is 4.92. The molecule has 20 heavy (non-hydrogen) atoms. The number of ether oxygens (including phenoxy) is 1. The summed E-state index contributed by atoms with van der Waals surface area (Å²) >= 11 is 0. The van der Waals surface area contributed by atoms with Crippen LogP contribution in [0.25, 0.3) is 0 Å². The van der Waals surface area contributed by atoms with Gasteiger partial charge >= 0.3 is 5.69 Å². The molecular formula is C14H24N4O2. The quantitative estimate of drug-likeness (QED) is 0.872. The Balaban J connectivity index is 1.55. The molecule has 0 atom stereocenters. The maximum absolute atomic E-state index is 11.9. The van der Waals surface area contributed by atoms with Gasteiger partial charge in [-0.05, 0) is 25.8 Å². The first-order valence-electron chi connectivity index (χ1n) is 7.80. The number of rotatable bonds is 5. The van der Waals surface area contributed by atoms with Crippen LogP contribution >= 0.6 is 0 Å². The molecule has 1 aromatic rings. The number of aromatic nitrogens is 3. The van der Waals surface area contributed by atoms with Gasteiger partial charge in [-0.25, -0.2) is 9.89 Å². The largest absolute Gasteiger partial charge is 0.379 e. The van der Waals surface area contributed by atoms with Gasteiger partial charge in [0.1, 0.15) is 5.82 Å². The van der Waals surface area contributed by atoms with Crippen LogP contribution in [0.5, 0.6) is 0 Å². The van der Waals surface area contributed by atoms with Crippen molar-refractivity contribution in [2.24, 2.45) is 0 Å². The average Bonchev–Trinajstić information content (AvgIpc) is 3.10. The second-order valence-electron chi connectivity index (χ2n) is 5.81. The minimum Gasteiger partial charge on any atom is -0.379 e. The van der Waals surface area contributed by atoms with Gasteiger partial charge in [-0.1, -0.05) is 12.8 Å². The van der Waals surface area contributed by atoms with Gasteiger partial charge in [0.25, 0.3) is 0 Å². The van der Waals surface area contributed by atoms with Gasteiger partial charge in [-0.2, -0.15) is 5.10 Å². The molecule has 1 N–H and O–H groups in total. The summed E-state index contributed by atoms with van der Waals surface area (Å²) in [5, 5.41) is 6.85. The lowest BCUT2D eigenvalue weighted by atomic mass is 10.2. The predicted octanol–water partition coefficient (Wildman–Crippen LogP) is 0.951. The van der Waals surface area contributed by atoms with Gasteiger partial charge < -0.3 is 4.74 Å². The minimum atomic E-state index is -0.0294. The van der Waals surface area contributed by atoms with Crippen molar-refractivity contribution < 1.29 is 4.74 Å². The minimum absolute atomic E-state index is 0.0294. The van der Waals surface area contributed by atoms with Gasteiger partial charge in [0.05, 0.1) is 13.2 Å². The summed E-state index contributed by atoms with van der Waals surface area (Å²) in [6.45, 7) is 4.80. The summed E-state index contributed by atoms with van der Waals surface area (Å²) in [5.74, 6) is 0.940. The first-order chi connectivity index (χ1) is 9.84. The Morgan fingerprint density at radius 2 is 2.00 bits per heavy atom. The van der Waals surface area contributed by atoms with Crippen molar-refractivity contribution in [3.8, 4) is 0 Å². The SMILES string of the molecule is O=c1[nH]nc(CCCN2CCOCC2)n1C1CCCC1. The van der Waals surface area contributed by atoms with Gasteiger partial charge in [0.2, 0.25) is 0 Å². The van der Waals surface area contributed by atoms with Crippen LogP contribution in [0.3, 0.4) is 0 Å². The molecule has 1 saturated carbocycles. The van der Waals surface area contributed by atoms with E-state index in [4.69, 9.17) is 4.74 Å². The molecule has 0 radical (unpaired) electrons. The fourth-order valence-electron chi connectivity index (χ4n) is 3.34. The molecule has 2 aliphatic rings. The zero-order chi connectivity index (χ0) is 13.8. The van der Waals surface area contributed by atoms with E-state index in [1.54, 1.807) is 0 Å². The first kappa shape index (κ1) is 13.8. The van der Waals surface area contributed by atoms with Crippen molar-refractivity contribution in [3.05, 3.63) is 16.3 Å². The molecule has 1 aromatic heterocycles. The summed E-state index contributed by atoms with van der Waals surface area (Å²) in [5.41, 5.74) is -0.0294. The third-order valence-electron chi connectivity index (χ3n) is 4.45. The summed E-state index contributed by atoms with van der Waals surface area (Å²) in [7, 11) is 0. The maximum atomic E-state index is 11.9. The molecule has 1 saturated heterocycles. The van der Waals surface area contributed by atoms with E-state index in [-0.39, 0.29) is 5.69 Å². The van der Waals surface area contributed by atoms with Crippen molar-refractivity contribution in [1.29, 1.82) is 0 Å². The Kier molecular flexibility index (Phi) is 4.52. The lowest BCUT2D eigenvalue weighted by Gasteiger charge is -2.26. The highest BCUT2D eigenvalue weighted by Crippen LogP contribution is 2.28. The number of aromatic amines is 1. The Morgan fingerprint density at radius 1 is 1.25 bits per heavy atom. The van der Waals surface area contributed by atoms with E-state index in [0.29, 0.717) is 6.04 Å². The van der Waals surface area contributed by atoms with Crippen LogP contribution in [-0.2, 0) is 11.2 Å². The van der Waals surface area contributed by atoms with Crippen molar-refractivity contribution in [2.45, 2.75) is 44.6 Å². The molecule has 1 aliphatic carbocycles. The number of H-pyrrole nitrogens is 1. The van der Waals surface area contributed by atoms with Crippen LogP contribution in [0.15, 0.2) is 4.79 Å². The standard InChI is InChI=1S/C14H24N4O2/c19-14-16-15-13(18(14)12-4-1-2-5-12)6-3-7-17-8-10-20-11-9-17/h12H,1-11H2,(H,16,19). The van der Waals surface area contributed by atoms with Crippen LogP contribution in [0.4, 0.5) is 0 Å². The van der Waals surface area contributed by atoms with Crippen LogP contribution in [0, 0.1) is 0 Å². The fraction of sp³-hybridized carbons (Fsp3) is 0.857. The molecule has 2 fully saturated rings. The summed E-state index contributed by atoms with van der Waals surface area (Å²) in [6.07, 6.45) is 6.64. The molecule has 0 unspecified atom stereocenters. The highest BCUT2D eigenvalue weighted by Gasteiger charge is 2.22. The molecule has 6 nitrogen and oxygen atoms in total. The van der Waals surface area contributed by atoms with E-state index < -0.39 is 0 Å². The summed E-state index contributed by atoms with van der Waals surface area (Å²) < 4.78 is 7.26. The third-order valence-corrected chi connectivity index (χ3v) is 4.45. The second-order valence-corrected chi connectivity index (χ2v) is 5.81. The van der Waals surface area contributed by atoms with E-state index in [2.05, 4.69) is 15.1 Å². The molecule has 0 amide bonds. The lowest BCUT2D eigenvalue weighted by Crippen LogP contribution is -2.37. The monoisotopic (exact) mass is 280 g/mol. The predicted molar refractivity (Wildman–Crippen MR) is 75.9 cm³/mol. The van der Waals surface area contributed by atoms with Crippen LogP contribution in [0.2, 0.25) is 0 Å². The Hall–Kier alpha value is -1.14. The number of aryl methyl sites for hydroxylation is 1. The van der Waals surface area contributed by atoms with E-state index >= 15 is 0 Å². The Bertz CT molecular complexity index is 470. The zero-order valence-electron chi connectivity index (χ0n) is 12.0. The Labute approximate surface area is 119 Å². The lowest BCUT2D eigenvalue weighted by molar-refractivity contribution is 0.0374. The van der Waals surface area contributed by atoms with E-state index in [9.17, 15) is 4.79 Å². The van der Waals surface area contributed by atoms with Crippen LogP contribution in [0.1, 0.15) is 44.0 Å². The maximum Gasteiger partial charge on any atom is 0.343 e. The van der Waals surface area contributed by atoms with E-state index in [1.807, 2.05) is 4.57 Å². The molecule has 6 heteroatoms. The van der Waals surface area contributed by atoms with Crippen molar-refractivity contribution in [1.82, 2.24) is 19.7 Å². The van der Waals surface area contributed by atoms with Gasteiger partial charge in [-0.3, -0.25) is 9.47 Å². The van der Waals surface area contributed by atoms with Crippen molar-refractivity contribution >= 4 is 0 Å². The topological polar surface area (TPSA) is 63.1 Å². The van der Waals surface area contributed by atoms with Crippen LogP contribution in [-0.4, -0.2) is 52.5 Å². The van der Waals surface area contributed by atoms with E-state index in [0.717, 1.165) is 64.4 Å². The number of morpholine rings is 1. The number of nitrogens with zero attached hydrogens (tertiary/aromatic N) is 3. The zero-order valence-corrected chi connectivity index (χ0v) is 12.0. The van der Waals surface area contributed by atoms with Crippen LogP contribution < -0.4 is 5.69 Å². The van der Waals surface area contributed by atoms with Crippen molar-refractivity contribution in [3.63, 3.8) is 0 Å². The molecule has 2 heterocycles. The molecule has 0 spiro atoms.